The number of thiophene rings is 1. The van der Waals surface area contributed by atoms with Crippen molar-refractivity contribution < 1.29 is 0 Å². The summed E-state index contributed by atoms with van der Waals surface area (Å²) in [7, 11) is 0. The Kier molecular flexibility index (Phi) is 8.58. The van der Waals surface area contributed by atoms with Gasteiger partial charge in [0.15, 0.2) is 17.5 Å². The molecule has 0 unspecified atom stereocenters. The summed E-state index contributed by atoms with van der Waals surface area (Å²) in [6.07, 6.45) is 0. The first-order valence-corrected chi connectivity index (χ1v) is 21.8. The highest BCUT2D eigenvalue weighted by molar-refractivity contribution is 7.26. The van der Waals surface area contributed by atoms with E-state index in [1.165, 1.54) is 53.6 Å². The van der Waals surface area contributed by atoms with Crippen LogP contribution in [0.1, 0.15) is 22.3 Å². The zero-order chi connectivity index (χ0) is 41.0. The van der Waals surface area contributed by atoms with Crippen molar-refractivity contribution in [2.45, 2.75) is 5.41 Å². The maximum Gasteiger partial charge on any atom is 0.164 e. The predicted molar refractivity (Wildman–Crippen MR) is 257 cm³/mol. The molecular formula is C58H37N3S. The molecule has 290 valence electrons. The molecule has 2 heterocycles. The van der Waals surface area contributed by atoms with Crippen LogP contribution in [0.4, 0.5) is 0 Å². The van der Waals surface area contributed by atoms with Crippen LogP contribution < -0.4 is 0 Å². The maximum atomic E-state index is 5.44. The Morgan fingerprint density at radius 3 is 1.55 bits per heavy atom. The molecule has 4 heteroatoms. The zero-order valence-corrected chi connectivity index (χ0v) is 34.4. The first kappa shape index (κ1) is 36.1. The second-order valence-electron chi connectivity index (χ2n) is 15.9. The van der Waals surface area contributed by atoms with Crippen LogP contribution in [0.5, 0.6) is 0 Å². The van der Waals surface area contributed by atoms with Gasteiger partial charge in [-0.3, -0.25) is 0 Å². The lowest BCUT2D eigenvalue weighted by Crippen LogP contribution is -2.28. The first-order chi connectivity index (χ1) is 30.7. The van der Waals surface area contributed by atoms with Gasteiger partial charge in [0.05, 0.1) is 5.41 Å². The lowest BCUT2D eigenvalue weighted by atomic mass is 9.67. The molecule has 0 spiro atoms. The van der Waals surface area contributed by atoms with Crippen molar-refractivity contribution in [2.24, 2.45) is 0 Å². The third-order valence-corrected chi connectivity index (χ3v) is 13.6. The number of rotatable bonds is 7. The van der Waals surface area contributed by atoms with Gasteiger partial charge < -0.3 is 0 Å². The van der Waals surface area contributed by atoms with E-state index < -0.39 is 5.41 Å². The third kappa shape index (κ3) is 5.76. The molecule has 1 aliphatic rings. The average molecular weight is 808 g/mol. The van der Waals surface area contributed by atoms with Crippen LogP contribution in [-0.2, 0) is 5.41 Å². The Hall–Kier alpha value is -7.79. The number of hydrogen-bond donors (Lipinski definition) is 0. The summed E-state index contributed by atoms with van der Waals surface area (Å²) in [6, 6.07) is 80.3. The molecule has 11 aromatic rings. The highest BCUT2D eigenvalue weighted by Crippen LogP contribution is 2.58. The zero-order valence-electron chi connectivity index (χ0n) is 33.6. The fourth-order valence-corrected chi connectivity index (χ4v) is 10.9. The molecule has 2 aromatic heterocycles. The minimum Gasteiger partial charge on any atom is -0.208 e. The Morgan fingerprint density at radius 2 is 0.806 bits per heavy atom. The predicted octanol–water partition coefficient (Wildman–Crippen LogP) is 14.9. The van der Waals surface area contributed by atoms with Gasteiger partial charge in [-0.2, -0.15) is 0 Å². The molecule has 0 fully saturated rings. The largest absolute Gasteiger partial charge is 0.208 e. The van der Waals surface area contributed by atoms with Crippen molar-refractivity contribution in [3.63, 3.8) is 0 Å². The van der Waals surface area contributed by atoms with Crippen LogP contribution in [0.15, 0.2) is 224 Å². The second-order valence-corrected chi connectivity index (χ2v) is 16.9. The molecule has 1 aliphatic carbocycles. The van der Waals surface area contributed by atoms with E-state index in [0.29, 0.717) is 17.5 Å². The molecule has 62 heavy (non-hydrogen) atoms. The summed E-state index contributed by atoms with van der Waals surface area (Å²) >= 11 is 1.84. The molecule has 0 radical (unpaired) electrons. The van der Waals surface area contributed by atoms with Gasteiger partial charge in [-0.05, 0) is 73.8 Å². The first-order valence-electron chi connectivity index (χ1n) is 21.0. The SMILES string of the molecule is c1ccc(-c2cccc(-c3nc(-c4cccc(-c5cccc6c5sc5ccccc56)c4)nc(-c4cccc5c4-c4ccccc4C5(c4ccccc4)c4ccccc4)n3)c2)cc1. The summed E-state index contributed by atoms with van der Waals surface area (Å²) < 4.78 is 2.57. The third-order valence-electron chi connectivity index (χ3n) is 12.4. The maximum absolute atomic E-state index is 5.44. The molecule has 0 bridgehead atoms. The molecule has 0 aliphatic heterocycles. The molecule has 0 saturated carbocycles. The van der Waals surface area contributed by atoms with Gasteiger partial charge in [-0.25, -0.2) is 15.0 Å². The lowest BCUT2D eigenvalue weighted by Gasteiger charge is -2.33. The van der Waals surface area contributed by atoms with E-state index >= 15 is 0 Å². The van der Waals surface area contributed by atoms with Gasteiger partial charge in [-0.15, -0.1) is 11.3 Å². The number of benzene rings is 9. The van der Waals surface area contributed by atoms with Gasteiger partial charge in [-0.1, -0.05) is 206 Å². The van der Waals surface area contributed by atoms with Crippen LogP contribution in [0.3, 0.4) is 0 Å². The van der Waals surface area contributed by atoms with Crippen LogP contribution in [0.2, 0.25) is 0 Å². The standard InChI is InChI=1S/C58H37N3S/c1-4-18-38(19-5-1)39-20-14-22-41(36-39)55-59-56(42-23-15-21-40(37-42)45-30-16-31-47-46-28-11-13-35-52(46)62-54(45)47)61-57(60-55)49-32-17-34-51-53(49)48-29-10-12-33-50(48)58(51,43-24-6-2-7-25-43)44-26-8-3-9-27-44/h1-37H. The van der Waals surface area contributed by atoms with Gasteiger partial charge in [0.25, 0.3) is 0 Å². The Morgan fingerprint density at radius 1 is 0.323 bits per heavy atom. The van der Waals surface area contributed by atoms with Crippen LogP contribution in [0.25, 0.3) is 87.7 Å². The smallest absolute Gasteiger partial charge is 0.164 e. The van der Waals surface area contributed by atoms with Crippen molar-refractivity contribution in [1.29, 1.82) is 0 Å². The van der Waals surface area contributed by atoms with Gasteiger partial charge in [0, 0.05) is 36.9 Å². The van der Waals surface area contributed by atoms with Crippen LogP contribution in [-0.4, -0.2) is 15.0 Å². The minimum absolute atomic E-state index is 0.547. The van der Waals surface area contributed by atoms with Crippen LogP contribution in [0, 0.1) is 0 Å². The highest BCUT2D eigenvalue weighted by Gasteiger charge is 2.47. The Balaban J connectivity index is 1.09. The topological polar surface area (TPSA) is 38.7 Å². The monoisotopic (exact) mass is 807 g/mol. The number of hydrogen-bond acceptors (Lipinski definition) is 4. The fourth-order valence-electron chi connectivity index (χ4n) is 9.70. The summed E-state index contributed by atoms with van der Waals surface area (Å²) in [5, 5.41) is 2.56. The molecule has 0 N–H and O–H groups in total. The van der Waals surface area contributed by atoms with E-state index in [9.17, 15) is 0 Å². The number of nitrogens with zero attached hydrogens (tertiary/aromatic N) is 3. The minimum atomic E-state index is -0.547. The Bertz CT molecular complexity index is 3430. The second kappa shape index (κ2) is 14.7. The molecule has 3 nitrogen and oxygen atoms in total. The molecule has 12 rings (SSSR count). The highest BCUT2D eigenvalue weighted by atomic mass is 32.1. The van der Waals surface area contributed by atoms with E-state index in [2.05, 4.69) is 218 Å². The van der Waals surface area contributed by atoms with Crippen molar-refractivity contribution >= 4 is 31.5 Å². The quantitative estimate of drug-likeness (QED) is 0.161. The summed E-state index contributed by atoms with van der Waals surface area (Å²) in [5.74, 6) is 1.89. The van der Waals surface area contributed by atoms with Crippen molar-refractivity contribution in [3.05, 3.63) is 247 Å². The van der Waals surface area contributed by atoms with Gasteiger partial charge in [0.2, 0.25) is 0 Å². The molecular weight excluding hydrogens is 771 g/mol. The van der Waals surface area contributed by atoms with E-state index in [1.807, 2.05) is 17.4 Å². The van der Waals surface area contributed by atoms with Crippen LogP contribution >= 0.6 is 11.3 Å². The van der Waals surface area contributed by atoms with E-state index in [1.54, 1.807) is 0 Å². The molecule has 0 saturated heterocycles. The lowest BCUT2D eigenvalue weighted by molar-refractivity contribution is 0.768. The normalized spacial score (nSPS) is 12.6. The van der Waals surface area contributed by atoms with Gasteiger partial charge in [0.1, 0.15) is 0 Å². The molecule has 0 atom stereocenters. The van der Waals surface area contributed by atoms with Gasteiger partial charge >= 0.3 is 0 Å². The van der Waals surface area contributed by atoms with Crippen molar-refractivity contribution in [2.75, 3.05) is 0 Å². The van der Waals surface area contributed by atoms with E-state index in [0.717, 1.165) is 38.9 Å². The fraction of sp³-hybridized carbons (Fsp3) is 0.0172. The summed E-state index contributed by atoms with van der Waals surface area (Å²) in [4.78, 5) is 16.1. The number of aromatic nitrogens is 3. The molecule has 0 amide bonds. The number of fused-ring (bicyclic) bond motifs is 6. The van der Waals surface area contributed by atoms with E-state index in [4.69, 9.17) is 15.0 Å². The van der Waals surface area contributed by atoms with E-state index in [-0.39, 0.29) is 0 Å². The average Bonchev–Trinajstić information content (AvgIpc) is 3.89. The molecule has 9 aromatic carbocycles. The van der Waals surface area contributed by atoms with Crippen molar-refractivity contribution in [3.8, 4) is 67.5 Å². The van der Waals surface area contributed by atoms with Crippen molar-refractivity contribution in [1.82, 2.24) is 15.0 Å². The Labute approximate surface area is 364 Å². The summed E-state index contributed by atoms with van der Waals surface area (Å²) in [6.45, 7) is 0. The summed E-state index contributed by atoms with van der Waals surface area (Å²) in [5.41, 5.74) is 14.1.